The molecule has 0 fully saturated rings. The van der Waals surface area contributed by atoms with Gasteiger partial charge in [-0.05, 0) is 46.3 Å². The lowest BCUT2D eigenvalue weighted by molar-refractivity contribution is -0.0252. The fourth-order valence-corrected chi connectivity index (χ4v) is 6.41. The summed E-state index contributed by atoms with van der Waals surface area (Å²) in [6, 6.07) is 5.66. The maximum Gasteiger partial charge on any atom is 0.419 e. The predicted molar refractivity (Wildman–Crippen MR) is 137 cm³/mol. The molecule has 2 N–H and O–H groups in total. The maximum absolute atomic E-state index is 15.4. The van der Waals surface area contributed by atoms with Gasteiger partial charge in [0, 0.05) is 5.56 Å². The van der Waals surface area contributed by atoms with E-state index in [1.165, 1.54) is 0 Å². The minimum atomic E-state index is -11.0. The number of carbonyl (C=O) groups excluding carboxylic acids is 2. The van der Waals surface area contributed by atoms with Crippen molar-refractivity contribution in [1.82, 2.24) is 0 Å². The van der Waals surface area contributed by atoms with Gasteiger partial charge in [0.25, 0.3) is 4.58 Å². The summed E-state index contributed by atoms with van der Waals surface area (Å²) >= 11 is 20.3. The Morgan fingerprint density at radius 2 is 1.57 bits per heavy atom. The fraction of sp³-hybridized carbons (Fsp3) is 0.263. The van der Waals surface area contributed by atoms with E-state index >= 15 is 15.5 Å². The van der Waals surface area contributed by atoms with Gasteiger partial charge in [-0.3, -0.25) is 4.79 Å². The zero-order valence-electron chi connectivity index (χ0n) is 17.7. The van der Waals surface area contributed by atoms with Crippen molar-refractivity contribution in [3.8, 4) is 0 Å². The zero-order valence-corrected chi connectivity index (χ0v) is 24.0. The van der Waals surface area contributed by atoms with Crippen LogP contribution in [-0.4, -0.2) is 37.6 Å². The van der Waals surface area contributed by atoms with Crippen LogP contribution in [0.25, 0.3) is 0 Å². The number of rotatable bonds is 8. The summed E-state index contributed by atoms with van der Waals surface area (Å²) in [6.07, 6.45) is -1.76. The van der Waals surface area contributed by atoms with Gasteiger partial charge in [-0.15, -0.1) is 15.5 Å². The maximum atomic E-state index is 15.4. The van der Waals surface area contributed by atoms with Crippen LogP contribution < -0.4 is 10.6 Å². The fourth-order valence-electron chi connectivity index (χ4n) is 2.85. The molecule has 0 aromatic heterocycles. The first kappa shape index (κ1) is 32.1. The molecule has 2 rings (SSSR count). The van der Waals surface area contributed by atoms with Gasteiger partial charge in [0.15, 0.2) is 0 Å². The van der Waals surface area contributed by atoms with Crippen molar-refractivity contribution >= 4 is 99.9 Å². The van der Waals surface area contributed by atoms with Crippen LogP contribution in [0.4, 0.5) is 44.9 Å². The Labute approximate surface area is 237 Å². The van der Waals surface area contributed by atoms with Crippen molar-refractivity contribution in [3.63, 3.8) is 0 Å². The molecule has 0 bridgehead atoms. The molecule has 0 saturated heterocycles. The summed E-state index contributed by atoms with van der Waals surface area (Å²) in [5.41, 5.74) is 2.67. The molecule has 37 heavy (non-hydrogen) atoms. The molecule has 2 aromatic carbocycles. The van der Waals surface area contributed by atoms with E-state index in [0.717, 1.165) is 30.3 Å². The summed E-state index contributed by atoms with van der Waals surface area (Å²) in [5.74, 6) is -1.09. The number of para-hydroxylation sites is 1. The van der Waals surface area contributed by atoms with Crippen LogP contribution in [0.1, 0.15) is 10.4 Å². The number of hydrogen-bond acceptors (Lipinski definition) is 3. The van der Waals surface area contributed by atoms with Gasteiger partial charge in [-0.25, -0.2) is 14.1 Å². The molecule has 0 aliphatic carbocycles. The Kier molecular flexibility index (Phi) is 8.50. The van der Waals surface area contributed by atoms with Crippen LogP contribution in [-0.2, 0) is 4.74 Å². The third-order valence-corrected chi connectivity index (χ3v) is 10.1. The summed E-state index contributed by atoms with van der Waals surface area (Å²) in [6.45, 7) is -1.04. The Morgan fingerprint density at radius 3 is 2.08 bits per heavy atom. The number of amides is 2. The quantitative estimate of drug-likeness (QED) is 0.216. The summed E-state index contributed by atoms with van der Waals surface area (Å²) in [7, 11) is -11.0. The van der Waals surface area contributed by atoms with E-state index in [1.807, 2.05) is 0 Å². The highest BCUT2D eigenvalue weighted by Crippen LogP contribution is 3.08. The number of halogens is 12. The van der Waals surface area contributed by atoms with Gasteiger partial charge in [0.1, 0.15) is 11.5 Å². The molecule has 2 aromatic rings. The van der Waals surface area contributed by atoms with E-state index < -0.39 is 63.7 Å². The number of anilines is 2. The smallest absolute Gasteiger partial charge is 0.419 e. The van der Waals surface area contributed by atoms with Gasteiger partial charge in [0.2, 0.25) is 19.5 Å². The summed E-state index contributed by atoms with van der Waals surface area (Å²) < 4.78 is 103. The monoisotopic (exact) mass is 746 g/mol. The lowest BCUT2D eigenvalue weighted by atomic mass is 10.1. The Balaban J connectivity index is 2.94. The first-order valence-corrected chi connectivity index (χ1v) is 14.4. The number of hydrogen-bond donors (Lipinski definition) is 1. The zero-order chi connectivity index (χ0) is 28.7. The van der Waals surface area contributed by atoms with Crippen LogP contribution >= 0.6 is 76.5 Å². The van der Waals surface area contributed by atoms with Crippen LogP contribution in [0.5, 0.6) is 0 Å². The molecule has 2 amide bonds. The number of primary amides is 1. The molecule has 0 spiro atoms. The van der Waals surface area contributed by atoms with E-state index in [4.69, 9.17) is 45.3 Å². The van der Waals surface area contributed by atoms with Crippen LogP contribution in [0.2, 0.25) is 0 Å². The summed E-state index contributed by atoms with van der Waals surface area (Å²) in [4.78, 5) is 21.8. The number of alkyl halides is 8. The van der Waals surface area contributed by atoms with E-state index in [-0.39, 0.29) is 16.5 Å². The molecular formula is C19H14Br2Cl3F7N2O3S. The Hall–Kier alpha value is -1.13. The van der Waals surface area contributed by atoms with Crippen molar-refractivity contribution in [2.75, 3.05) is 16.8 Å². The second-order valence-electron chi connectivity index (χ2n) is 7.31. The molecule has 0 saturated carbocycles. The van der Waals surface area contributed by atoms with Crippen molar-refractivity contribution in [2.24, 2.45) is 5.73 Å². The molecular weight excluding hydrogens is 735 g/mol. The highest BCUT2D eigenvalue weighted by atomic mass is 79.9. The van der Waals surface area contributed by atoms with Crippen molar-refractivity contribution in [3.05, 3.63) is 54.1 Å². The first-order valence-electron chi connectivity index (χ1n) is 9.33. The average molecular weight is 750 g/mol. The van der Waals surface area contributed by atoms with Gasteiger partial charge in [-0.1, -0.05) is 68.9 Å². The highest BCUT2D eigenvalue weighted by molar-refractivity contribution is 9.12. The third-order valence-electron chi connectivity index (χ3n) is 4.59. The van der Waals surface area contributed by atoms with Gasteiger partial charge >= 0.3 is 11.3 Å². The number of ether oxygens (including phenoxy) is 1. The van der Waals surface area contributed by atoms with Crippen molar-refractivity contribution in [1.29, 1.82) is 0 Å². The van der Waals surface area contributed by atoms with E-state index in [0.29, 0.717) is 12.1 Å². The standard InChI is InChI=1S/C19H14Br2Cl3F7N2O3S/c20-9-17(21,25)19(26,27)37(28,29,30,31)14-7-2-1-6-13(14)33(16(35)36-10-18(22,23)24)12-5-3-4-11(8-12)15(32)34/h1-8H,9-10H2,(H2,32,34). The van der Waals surface area contributed by atoms with Gasteiger partial charge in [0.05, 0.1) is 16.7 Å². The number of benzene rings is 2. The molecule has 1 atom stereocenters. The van der Waals surface area contributed by atoms with Gasteiger partial charge in [-0.2, -0.15) is 8.78 Å². The molecule has 1 unspecified atom stereocenters. The predicted octanol–water partition coefficient (Wildman–Crippen LogP) is 9.25. The number of carbonyl (C=O) groups is 2. The highest BCUT2D eigenvalue weighted by Gasteiger charge is 2.89. The Morgan fingerprint density at radius 1 is 1.00 bits per heavy atom. The van der Waals surface area contributed by atoms with E-state index in [9.17, 15) is 22.8 Å². The van der Waals surface area contributed by atoms with E-state index in [2.05, 4.69) is 15.9 Å². The molecule has 0 aliphatic heterocycles. The van der Waals surface area contributed by atoms with Gasteiger partial charge < -0.3 is 10.5 Å². The topological polar surface area (TPSA) is 72.6 Å². The largest absolute Gasteiger partial charge is 0.444 e. The summed E-state index contributed by atoms with van der Waals surface area (Å²) in [5, 5.41) is -8.33. The molecule has 0 aliphatic rings. The number of nitrogens with two attached hydrogens (primary N) is 1. The number of nitrogens with zero attached hydrogens (tertiary/aromatic N) is 1. The van der Waals surface area contributed by atoms with Crippen LogP contribution in [0.3, 0.4) is 0 Å². The molecule has 5 nitrogen and oxygen atoms in total. The minimum Gasteiger partial charge on any atom is -0.444 e. The Bertz CT molecular complexity index is 1230. The minimum absolute atomic E-state index is 0.00510. The molecule has 208 valence electrons. The van der Waals surface area contributed by atoms with Crippen LogP contribution in [0, 0.1) is 0 Å². The second-order valence-corrected chi connectivity index (χ2v) is 14.7. The lowest BCUT2D eigenvalue weighted by Gasteiger charge is -2.57. The normalized spacial score (nSPS) is 16.2. The molecule has 0 heterocycles. The SMILES string of the molecule is NC(=O)c1cccc(N(C(=O)OCC(Cl)(Cl)Cl)c2ccccc2S(F)(F)(F)(F)C(F)(F)C(F)(Br)CBr)c1. The molecule has 18 heteroatoms. The van der Waals surface area contributed by atoms with E-state index in [1.54, 1.807) is 15.9 Å². The van der Waals surface area contributed by atoms with Crippen molar-refractivity contribution in [2.45, 2.75) is 18.5 Å². The van der Waals surface area contributed by atoms with Crippen LogP contribution in [0.15, 0.2) is 53.4 Å². The van der Waals surface area contributed by atoms with Crippen molar-refractivity contribution < 1.29 is 43.0 Å². The lowest BCUT2D eigenvalue weighted by Crippen LogP contribution is -2.51. The second kappa shape index (κ2) is 9.81. The third kappa shape index (κ3) is 6.06. The average Bonchev–Trinajstić information content (AvgIpc) is 2.77. The molecule has 0 radical (unpaired) electrons. The first-order chi connectivity index (χ1) is 16.5.